The van der Waals surface area contributed by atoms with Crippen LogP contribution in [0.15, 0.2) is 24.3 Å². The van der Waals surface area contributed by atoms with Crippen molar-refractivity contribution >= 4 is 12.2 Å². The van der Waals surface area contributed by atoms with Crippen molar-refractivity contribution in [2.24, 2.45) is 0 Å². The van der Waals surface area contributed by atoms with Gasteiger partial charge in [0, 0.05) is 5.69 Å². The summed E-state index contributed by atoms with van der Waals surface area (Å²) in [7, 11) is 1.66. The van der Waals surface area contributed by atoms with E-state index < -0.39 is 0 Å². The minimum Gasteiger partial charge on any atom is -0.496 e. The summed E-state index contributed by atoms with van der Waals surface area (Å²) in [4.78, 5) is 7.52. The predicted molar refractivity (Wildman–Crippen MR) is 70.9 cm³/mol. The van der Waals surface area contributed by atoms with Crippen molar-refractivity contribution < 1.29 is 4.74 Å². The SMILES string of the molecule is COc1cc(C)ccc1-c1nc(=S)cc(C)[nH]1. The molecule has 0 spiro atoms. The Morgan fingerprint density at radius 3 is 2.65 bits per heavy atom. The number of H-pyrrole nitrogens is 1. The smallest absolute Gasteiger partial charge is 0.142 e. The van der Waals surface area contributed by atoms with E-state index in [4.69, 9.17) is 17.0 Å². The van der Waals surface area contributed by atoms with Gasteiger partial charge in [-0.2, -0.15) is 0 Å². The summed E-state index contributed by atoms with van der Waals surface area (Å²) in [6.07, 6.45) is 0. The van der Waals surface area contributed by atoms with E-state index in [0.29, 0.717) is 4.64 Å². The van der Waals surface area contributed by atoms with Gasteiger partial charge < -0.3 is 9.72 Å². The Hall–Kier alpha value is -1.68. The van der Waals surface area contributed by atoms with Gasteiger partial charge in [0.25, 0.3) is 0 Å². The van der Waals surface area contributed by atoms with Crippen molar-refractivity contribution in [3.63, 3.8) is 0 Å². The molecular weight excluding hydrogens is 232 g/mol. The number of aromatic amines is 1. The first-order valence-corrected chi connectivity index (χ1v) is 5.74. The normalized spacial score (nSPS) is 10.3. The molecule has 1 aromatic carbocycles. The third kappa shape index (κ3) is 2.53. The van der Waals surface area contributed by atoms with Crippen molar-refractivity contribution in [2.45, 2.75) is 13.8 Å². The molecule has 0 bridgehead atoms. The second-order valence-corrected chi connectivity index (χ2v) is 4.37. The number of benzene rings is 1. The zero-order valence-electron chi connectivity index (χ0n) is 10.1. The molecule has 0 saturated heterocycles. The molecule has 3 nitrogen and oxygen atoms in total. The number of aryl methyl sites for hydroxylation is 2. The number of hydrogen-bond acceptors (Lipinski definition) is 3. The third-order valence-corrected chi connectivity index (χ3v) is 2.70. The zero-order valence-corrected chi connectivity index (χ0v) is 10.9. The Morgan fingerprint density at radius 1 is 1.24 bits per heavy atom. The molecule has 0 saturated carbocycles. The van der Waals surface area contributed by atoms with Crippen molar-refractivity contribution in [1.29, 1.82) is 0 Å². The topological polar surface area (TPSA) is 37.9 Å². The van der Waals surface area contributed by atoms with Gasteiger partial charge in [-0.1, -0.05) is 18.3 Å². The summed E-state index contributed by atoms with van der Waals surface area (Å²) in [6, 6.07) is 7.83. The molecule has 4 heteroatoms. The minimum absolute atomic E-state index is 0.582. The summed E-state index contributed by atoms with van der Waals surface area (Å²) < 4.78 is 5.95. The van der Waals surface area contributed by atoms with Crippen LogP contribution in [0.1, 0.15) is 11.3 Å². The van der Waals surface area contributed by atoms with E-state index in [-0.39, 0.29) is 0 Å². The summed E-state index contributed by atoms with van der Waals surface area (Å²) in [6.45, 7) is 3.99. The lowest BCUT2D eigenvalue weighted by atomic mass is 10.1. The van der Waals surface area contributed by atoms with Crippen molar-refractivity contribution in [3.8, 4) is 17.1 Å². The van der Waals surface area contributed by atoms with Crippen molar-refractivity contribution in [1.82, 2.24) is 9.97 Å². The lowest BCUT2D eigenvalue weighted by Crippen LogP contribution is -1.95. The highest BCUT2D eigenvalue weighted by Crippen LogP contribution is 2.28. The van der Waals surface area contributed by atoms with Gasteiger partial charge in [-0.05, 0) is 37.6 Å². The molecule has 17 heavy (non-hydrogen) atoms. The van der Waals surface area contributed by atoms with Crippen LogP contribution in [0.4, 0.5) is 0 Å². The Balaban J connectivity index is 2.63. The number of methoxy groups -OCH3 is 1. The largest absolute Gasteiger partial charge is 0.496 e. The number of hydrogen-bond donors (Lipinski definition) is 1. The van der Waals surface area contributed by atoms with Crippen LogP contribution in [0.3, 0.4) is 0 Å². The lowest BCUT2D eigenvalue weighted by molar-refractivity contribution is 0.416. The van der Waals surface area contributed by atoms with Gasteiger partial charge in [-0.15, -0.1) is 0 Å². The summed E-state index contributed by atoms with van der Waals surface area (Å²) >= 11 is 5.12. The van der Waals surface area contributed by atoms with E-state index in [1.54, 1.807) is 7.11 Å². The first-order valence-electron chi connectivity index (χ1n) is 5.33. The molecule has 0 aliphatic rings. The highest BCUT2D eigenvalue weighted by Gasteiger charge is 2.08. The molecule has 2 rings (SSSR count). The second kappa shape index (κ2) is 4.67. The standard InChI is InChI=1S/C13H14N2OS/c1-8-4-5-10(11(6-8)16-3)13-14-9(2)7-12(17)15-13/h4-7H,1-3H3,(H,14,15,17). The molecule has 1 N–H and O–H groups in total. The molecule has 2 aromatic rings. The highest BCUT2D eigenvalue weighted by molar-refractivity contribution is 7.71. The molecule has 0 unspecified atom stereocenters. The van der Waals surface area contributed by atoms with Crippen LogP contribution >= 0.6 is 12.2 Å². The molecular formula is C13H14N2OS. The quantitative estimate of drug-likeness (QED) is 0.825. The Labute approximate surface area is 105 Å². The van der Waals surface area contributed by atoms with Crippen molar-refractivity contribution in [2.75, 3.05) is 7.11 Å². The van der Waals surface area contributed by atoms with Crippen LogP contribution in [0.25, 0.3) is 11.4 Å². The van der Waals surface area contributed by atoms with Crippen LogP contribution < -0.4 is 4.74 Å². The summed E-state index contributed by atoms with van der Waals surface area (Å²) in [5.41, 5.74) is 3.06. The summed E-state index contributed by atoms with van der Waals surface area (Å²) in [5.74, 6) is 1.54. The molecule has 88 valence electrons. The summed E-state index contributed by atoms with van der Waals surface area (Å²) in [5, 5.41) is 0. The highest BCUT2D eigenvalue weighted by atomic mass is 32.1. The number of nitrogens with zero attached hydrogens (tertiary/aromatic N) is 1. The van der Waals surface area contributed by atoms with E-state index >= 15 is 0 Å². The average Bonchev–Trinajstić information content (AvgIpc) is 2.27. The van der Waals surface area contributed by atoms with Crippen LogP contribution in [-0.2, 0) is 0 Å². The van der Waals surface area contributed by atoms with Crippen molar-refractivity contribution in [3.05, 3.63) is 40.2 Å². The molecule has 0 fully saturated rings. The van der Waals surface area contributed by atoms with Crippen LogP contribution in [-0.4, -0.2) is 17.1 Å². The van der Waals surface area contributed by atoms with Gasteiger partial charge in [0.1, 0.15) is 16.2 Å². The zero-order chi connectivity index (χ0) is 12.4. The fourth-order valence-corrected chi connectivity index (χ4v) is 1.97. The molecule has 0 aliphatic heterocycles. The maximum atomic E-state index is 5.37. The van der Waals surface area contributed by atoms with Gasteiger partial charge in [-0.3, -0.25) is 0 Å². The molecule has 0 aliphatic carbocycles. The van der Waals surface area contributed by atoms with Gasteiger partial charge >= 0.3 is 0 Å². The van der Waals surface area contributed by atoms with Crippen LogP contribution in [0.5, 0.6) is 5.75 Å². The first-order chi connectivity index (χ1) is 8.10. The third-order valence-electron chi connectivity index (χ3n) is 2.49. The first kappa shape index (κ1) is 11.8. The molecule has 1 aromatic heterocycles. The van der Waals surface area contributed by atoms with E-state index in [1.807, 2.05) is 38.1 Å². The Morgan fingerprint density at radius 2 is 2.00 bits per heavy atom. The van der Waals surface area contributed by atoms with E-state index in [2.05, 4.69) is 9.97 Å². The predicted octanol–water partition coefficient (Wildman–Crippen LogP) is 3.43. The van der Waals surface area contributed by atoms with Gasteiger partial charge in [0.15, 0.2) is 0 Å². The molecule has 1 heterocycles. The minimum atomic E-state index is 0.582. The van der Waals surface area contributed by atoms with E-state index in [1.165, 1.54) is 0 Å². The average molecular weight is 246 g/mol. The number of aromatic nitrogens is 2. The van der Waals surface area contributed by atoms with Crippen LogP contribution in [0, 0.1) is 18.5 Å². The fraction of sp³-hybridized carbons (Fsp3) is 0.231. The van der Waals surface area contributed by atoms with Gasteiger partial charge in [0.05, 0.1) is 12.7 Å². The molecule has 0 amide bonds. The molecule has 0 atom stereocenters. The molecule has 0 radical (unpaired) electrons. The number of ether oxygens (including phenoxy) is 1. The van der Waals surface area contributed by atoms with E-state index in [0.717, 1.165) is 28.4 Å². The maximum Gasteiger partial charge on any atom is 0.142 e. The number of rotatable bonds is 2. The monoisotopic (exact) mass is 246 g/mol. The Bertz CT molecular complexity index is 605. The van der Waals surface area contributed by atoms with Gasteiger partial charge in [-0.25, -0.2) is 4.98 Å². The second-order valence-electron chi connectivity index (χ2n) is 3.95. The van der Waals surface area contributed by atoms with Gasteiger partial charge in [0.2, 0.25) is 0 Å². The van der Waals surface area contributed by atoms with Crippen LogP contribution in [0.2, 0.25) is 0 Å². The fourth-order valence-electron chi connectivity index (χ4n) is 1.70. The van der Waals surface area contributed by atoms with E-state index in [9.17, 15) is 0 Å². The Kier molecular flexibility index (Phi) is 3.24. The number of nitrogens with one attached hydrogen (secondary N) is 1. The maximum absolute atomic E-state index is 5.37. The lowest BCUT2D eigenvalue weighted by Gasteiger charge is -2.09.